The Morgan fingerprint density at radius 3 is 2.64 bits per heavy atom. The minimum Gasteiger partial charge on any atom is -0.302 e. The highest BCUT2D eigenvalue weighted by Gasteiger charge is 2.25. The summed E-state index contributed by atoms with van der Waals surface area (Å²) < 4.78 is 2.06. The summed E-state index contributed by atoms with van der Waals surface area (Å²) in [6.45, 7) is 0. The molecule has 0 atom stereocenters. The van der Waals surface area contributed by atoms with Gasteiger partial charge in [0.25, 0.3) is 0 Å². The molecule has 2 aromatic rings. The summed E-state index contributed by atoms with van der Waals surface area (Å²) in [5, 5.41) is 5.61. The number of benzene rings is 1. The van der Waals surface area contributed by atoms with E-state index >= 15 is 0 Å². The third-order valence-electron chi connectivity index (χ3n) is 3.65. The number of aromatic nitrogens is 1. The van der Waals surface area contributed by atoms with Gasteiger partial charge in [0, 0.05) is 21.8 Å². The fourth-order valence-corrected chi connectivity index (χ4v) is 3.64. The SMILES string of the molecule is CN(C)Sc1ccc(-c2csc(NC(=O)C3CCC3)n2)cc1. The van der Waals surface area contributed by atoms with Crippen LogP contribution >= 0.6 is 23.3 Å². The molecule has 1 aromatic carbocycles. The van der Waals surface area contributed by atoms with Crippen LogP contribution in [0.1, 0.15) is 19.3 Å². The molecule has 0 spiro atoms. The van der Waals surface area contributed by atoms with E-state index < -0.39 is 0 Å². The van der Waals surface area contributed by atoms with Crippen LogP contribution in [0.3, 0.4) is 0 Å². The van der Waals surface area contributed by atoms with E-state index in [1.165, 1.54) is 22.7 Å². The molecule has 1 N–H and O–H groups in total. The molecule has 1 fully saturated rings. The molecule has 22 heavy (non-hydrogen) atoms. The molecule has 1 aliphatic rings. The molecular weight excluding hydrogens is 314 g/mol. The molecule has 0 saturated heterocycles. The molecular formula is C16H19N3OS2. The second kappa shape index (κ2) is 6.81. The van der Waals surface area contributed by atoms with Crippen molar-refractivity contribution in [3.63, 3.8) is 0 Å². The van der Waals surface area contributed by atoms with Crippen LogP contribution < -0.4 is 5.32 Å². The van der Waals surface area contributed by atoms with Crippen molar-refractivity contribution in [1.82, 2.24) is 9.29 Å². The first-order chi connectivity index (χ1) is 10.6. The number of carbonyl (C=O) groups is 1. The van der Waals surface area contributed by atoms with Crippen molar-refractivity contribution in [3.05, 3.63) is 29.6 Å². The summed E-state index contributed by atoms with van der Waals surface area (Å²) in [6.07, 6.45) is 3.18. The maximum absolute atomic E-state index is 11.9. The molecule has 1 aromatic heterocycles. The Morgan fingerprint density at radius 1 is 1.32 bits per heavy atom. The standard InChI is InChI=1S/C16H19N3OS2/c1-19(2)22-13-8-6-11(7-9-13)14-10-21-16(17-14)18-15(20)12-4-3-5-12/h6-10,12H,3-5H2,1-2H3,(H,17,18,20). The van der Waals surface area contributed by atoms with Crippen LogP contribution in [0.15, 0.2) is 34.5 Å². The number of thiazole rings is 1. The predicted octanol–water partition coefficient (Wildman–Crippen LogP) is 4.12. The monoisotopic (exact) mass is 333 g/mol. The molecule has 0 aliphatic heterocycles. The highest BCUT2D eigenvalue weighted by molar-refractivity contribution is 7.97. The van der Waals surface area contributed by atoms with E-state index in [1.807, 2.05) is 19.5 Å². The second-order valence-electron chi connectivity index (χ2n) is 5.58. The molecule has 0 bridgehead atoms. The Morgan fingerprint density at radius 2 is 2.05 bits per heavy atom. The van der Waals surface area contributed by atoms with Crippen molar-refractivity contribution in [3.8, 4) is 11.3 Å². The van der Waals surface area contributed by atoms with Gasteiger partial charge in [0.2, 0.25) is 5.91 Å². The van der Waals surface area contributed by atoms with E-state index in [4.69, 9.17) is 0 Å². The molecule has 116 valence electrons. The van der Waals surface area contributed by atoms with Gasteiger partial charge in [-0.2, -0.15) is 0 Å². The summed E-state index contributed by atoms with van der Waals surface area (Å²) in [4.78, 5) is 17.7. The predicted molar refractivity (Wildman–Crippen MR) is 93.1 cm³/mol. The quantitative estimate of drug-likeness (QED) is 0.836. The van der Waals surface area contributed by atoms with Crippen molar-refractivity contribution in [1.29, 1.82) is 0 Å². The first kappa shape index (κ1) is 15.5. The first-order valence-corrected chi connectivity index (χ1v) is 8.99. The smallest absolute Gasteiger partial charge is 0.229 e. The maximum atomic E-state index is 11.9. The maximum Gasteiger partial charge on any atom is 0.229 e. The van der Waals surface area contributed by atoms with Gasteiger partial charge in [0.05, 0.1) is 5.69 Å². The van der Waals surface area contributed by atoms with Crippen LogP contribution in [0.25, 0.3) is 11.3 Å². The second-order valence-corrected chi connectivity index (χ2v) is 7.83. The van der Waals surface area contributed by atoms with Gasteiger partial charge in [-0.25, -0.2) is 4.98 Å². The van der Waals surface area contributed by atoms with Crippen LogP contribution in [0, 0.1) is 5.92 Å². The third-order valence-corrected chi connectivity index (χ3v) is 5.25. The Balaban J connectivity index is 1.66. The van der Waals surface area contributed by atoms with Gasteiger partial charge in [0.1, 0.15) is 0 Å². The Kier molecular flexibility index (Phi) is 4.81. The van der Waals surface area contributed by atoms with E-state index in [-0.39, 0.29) is 11.8 Å². The molecule has 6 heteroatoms. The van der Waals surface area contributed by atoms with Gasteiger partial charge >= 0.3 is 0 Å². The summed E-state index contributed by atoms with van der Waals surface area (Å²) in [7, 11) is 4.05. The number of hydrogen-bond donors (Lipinski definition) is 1. The topological polar surface area (TPSA) is 45.2 Å². The zero-order chi connectivity index (χ0) is 15.5. The number of amides is 1. The van der Waals surface area contributed by atoms with E-state index in [0.717, 1.165) is 24.1 Å². The lowest BCUT2D eigenvalue weighted by atomic mass is 9.85. The van der Waals surface area contributed by atoms with E-state index in [2.05, 4.69) is 38.9 Å². The van der Waals surface area contributed by atoms with Gasteiger partial charge in [-0.1, -0.05) is 18.6 Å². The highest BCUT2D eigenvalue weighted by atomic mass is 32.2. The van der Waals surface area contributed by atoms with Gasteiger partial charge in [-0.3, -0.25) is 9.10 Å². The minimum atomic E-state index is 0.116. The lowest BCUT2D eigenvalue weighted by Gasteiger charge is -2.23. The fraction of sp³-hybridized carbons (Fsp3) is 0.375. The first-order valence-electron chi connectivity index (χ1n) is 7.34. The zero-order valence-corrected chi connectivity index (χ0v) is 14.3. The van der Waals surface area contributed by atoms with E-state index in [0.29, 0.717) is 5.13 Å². The Labute approximate surface area is 139 Å². The van der Waals surface area contributed by atoms with Crippen LogP contribution in [0.5, 0.6) is 0 Å². The van der Waals surface area contributed by atoms with Crippen LogP contribution in [-0.2, 0) is 4.79 Å². The molecule has 1 aliphatic carbocycles. The average Bonchev–Trinajstić information content (AvgIpc) is 2.85. The highest BCUT2D eigenvalue weighted by Crippen LogP contribution is 2.30. The molecule has 4 nitrogen and oxygen atoms in total. The molecule has 0 radical (unpaired) electrons. The number of rotatable bonds is 5. The van der Waals surface area contributed by atoms with Gasteiger partial charge in [-0.15, -0.1) is 11.3 Å². The van der Waals surface area contributed by atoms with Crippen molar-refractivity contribution >= 4 is 34.3 Å². The summed E-state index contributed by atoms with van der Waals surface area (Å²) in [5.74, 6) is 0.305. The molecule has 1 amide bonds. The number of carbonyl (C=O) groups excluding carboxylic acids is 1. The number of nitrogens with zero attached hydrogens (tertiary/aromatic N) is 2. The van der Waals surface area contributed by atoms with Crippen molar-refractivity contribution in [2.75, 3.05) is 19.4 Å². The van der Waals surface area contributed by atoms with Crippen molar-refractivity contribution in [2.24, 2.45) is 5.92 Å². The van der Waals surface area contributed by atoms with E-state index in [1.54, 1.807) is 11.9 Å². The molecule has 1 heterocycles. The number of nitrogens with one attached hydrogen (secondary N) is 1. The van der Waals surface area contributed by atoms with Crippen LogP contribution in [0.4, 0.5) is 5.13 Å². The summed E-state index contributed by atoms with van der Waals surface area (Å²) in [5.41, 5.74) is 1.99. The largest absolute Gasteiger partial charge is 0.302 e. The summed E-state index contributed by atoms with van der Waals surface area (Å²) in [6, 6.07) is 8.31. The Bertz CT molecular complexity index is 648. The van der Waals surface area contributed by atoms with Crippen LogP contribution in [-0.4, -0.2) is 29.3 Å². The minimum absolute atomic E-state index is 0.116. The normalized spacial score (nSPS) is 14.9. The van der Waals surface area contributed by atoms with Gasteiger partial charge in [0.15, 0.2) is 5.13 Å². The van der Waals surface area contributed by atoms with Crippen molar-refractivity contribution < 1.29 is 4.79 Å². The van der Waals surface area contributed by atoms with E-state index in [9.17, 15) is 4.79 Å². The third kappa shape index (κ3) is 3.69. The Hall–Kier alpha value is -1.37. The average molecular weight is 333 g/mol. The molecule has 1 saturated carbocycles. The fourth-order valence-electron chi connectivity index (χ4n) is 2.24. The lowest BCUT2D eigenvalue weighted by molar-refractivity contribution is -0.122. The number of hydrogen-bond acceptors (Lipinski definition) is 5. The van der Waals surface area contributed by atoms with Crippen LogP contribution in [0.2, 0.25) is 0 Å². The van der Waals surface area contributed by atoms with Gasteiger partial charge in [-0.05, 0) is 51.0 Å². The van der Waals surface area contributed by atoms with Gasteiger partial charge < -0.3 is 5.32 Å². The molecule has 0 unspecified atom stereocenters. The lowest BCUT2D eigenvalue weighted by Crippen LogP contribution is -2.27. The summed E-state index contributed by atoms with van der Waals surface area (Å²) >= 11 is 3.17. The number of anilines is 1. The zero-order valence-electron chi connectivity index (χ0n) is 12.7. The van der Waals surface area contributed by atoms with Crippen molar-refractivity contribution in [2.45, 2.75) is 24.2 Å². The molecule has 3 rings (SSSR count).